The van der Waals surface area contributed by atoms with Gasteiger partial charge in [-0.3, -0.25) is 4.68 Å². The lowest BCUT2D eigenvalue weighted by Gasteiger charge is -2.08. The van der Waals surface area contributed by atoms with Gasteiger partial charge in [0.25, 0.3) is 0 Å². The Balaban J connectivity index is 2.20. The predicted molar refractivity (Wildman–Crippen MR) is 68.0 cm³/mol. The van der Waals surface area contributed by atoms with Gasteiger partial charge in [-0.1, -0.05) is 0 Å². The number of sulfonamides is 1. The molecular formula is C11H13FN4O2S. The van der Waals surface area contributed by atoms with Gasteiger partial charge in [-0.25, -0.2) is 17.5 Å². The van der Waals surface area contributed by atoms with E-state index in [1.807, 2.05) is 0 Å². The number of anilines is 1. The quantitative estimate of drug-likeness (QED) is 0.805. The summed E-state index contributed by atoms with van der Waals surface area (Å²) >= 11 is 0. The van der Waals surface area contributed by atoms with Crippen LogP contribution in [0.1, 0.15) is 5.56 Å². The molecule has 0 unspecified atom stereocenters. The Morgan fingerprint density at radius 2 is 2.21 bits per heavy atom. The van der Waals surface area contributed by atoms with E-state index in [9.17, 15) is 12.8 Å². The largest absolute Gasteiger partial charge is 0.398 e. The standard InChI is InChI=1S/C11H13FN4O2S/c1-16-7-8(5-14-16)6-15-19(17,18)11-4-9(12)2-3-10(11)13/h2-5,7,15H,6,13H2,1H3. The predicted octanol–water partition coefficient (Wildman–Crippen LogP) is 0.620. The van der Waals surface area contributed by atoms with Crippen LogP contribution in [0.15, 0.2) is 35.5 Å². The van der Waals surface area contributed by atoms with E-state index in [1.54, 1.807) is 17.9 Å². The number of halogens is 1. The van der Waals surface area contributed by atoms with Crippen molar-refractivity contribution >= 4 is 15.7 Å². The van der Waals surface area contributed by atoms with Crippen molar-refractivity contribution in [3.8, 4) is 0 Å². The molecule has 0 fully saturated rings. The average molecular weight is 284 g/mol. The molecule has 0 bridgehead atoms. The van der Waals surface area contributed by atoms with Crippen LogP contribution < -0.4 is 10.5 Å². The lowest BCUT2D eigenvalue weighted by molar-refractivity contribution is 0.578. The SMILES string of the molecule is Cn1cc(CNS(=O)(=O)c2cc(F)ccc2N)cn1. The first-order valence-corrected chi connectivity index (χ1v) is 6.89. The summed E-state index contributed by atoms with van der Waals surface area (Å²) < 4.78 is 41.0. The van der Waals surface area contributed by atoms with Crippen LogP contribution in [0, 0.1) is 5.82 Å². The number of aryl methyl sites for hydroxylation is 1. The molecule has 0 amide bonds. The third kappa shape index (κ3) is 3.09. The molecule has 3 N–H and O–H groups in total. The summed E-state index contributed by atoms with van der Waals surface area (Å²) in [7, 11) is -2.13. The molecule has 2 aromatic rings. The molecule has 1 heterocycles. The molecule has 6 nitrogen and oxygen atoms in total. The smallest absolute Gasteiger partial charge is 0.243 e. The van der Waals surface area contributed by atoms with Crippen molar-refractivity contribution in [1.82, 2.24) is 14.5 Å². The van der Waals surface area contributed by atoms with Crippen molar-refractivity contribution in [1.29, 1.82) is 0 Å². The maximum atomic E-state index is 13.1. The van der Waals surface area contributed by atoms with E-state index in [0.717, 1.165) is 12.1 Å². The molecule has 2 rings (SSSR count). The summed E-state index contributed by atoms with van der Waals surface area (Å²) in [6.45, 7) is 0.0616. The van der Waals surface area contributed by atoms with Crippen LogP contribution in [0.3, 0.4) is 0 Å². The van der Waals surface area contributed by atoms with Crippen LogP contribution >= 0.6 is 0 Å². The van der Waals surface area contributed by atoms with Crippen molar-refractivity contribution in [2.24, 2.45) is 7.05 Å². The van der Waals surface area contributed by atoms with Gasteiger partial charge in [0.2, 0.25) is 10.0 Å². The maximum Gasteiger partial charge on any atom is 0.243 e. The van der Waals surface area contributed by atoms with E-state index in [1.165, 1.54) is 12.3 Å². The fourth-order valence-corrected chi connectivity index (χ4v) is 2.72. The second-order valence-corrected chi connectivity index (χ2v) is 5.76. The number of benzene rings is 1. The van der Waals surface area contributed by atoms with Crippen LogP contribution in [0.2, 0.25) is 0 Å². The molecule has 0 radical (unpaired) electrons. The number of nitrogens with two attached hydrogens (primary N) is 1. The van der Waals surface area contributed by atoms with Crippen molar-refractivity contribution in [3.63, 3.8) is 0 Å². The van der Waals surface area contributed by atoms with E-state index in [-0.39, 0.29) is 17.1 Å². The third-order valence-electron chi connectivity index (χ3n) is 2.49. The molecule has 0 saturated heterocycles. The van der Waals surface area contributed by atoms with Gasteiger partial charge in [0, 0.05) is 25.4 Å². The molecular weight excluding hydrogens is 271 g/mol. The first-order valence-electron chi connectivity index (χ1n) is 5.41. The second-order valence-electron chi connectivity index (χ2n) is 4.03. The first kappa shape index (κ1) is 13.5. The average Bonchev–Trinajstić information content (AvgIpc) is 2.76. The van der Waals surface area contributed by atoms with E-state index < -0.39 is 15.8 Å². The fraction of sp³-hybridized carbons (Fsp3) is 0.182. The lowest BCUT2D eigenvalue weighted by Crippen LogP contribution is -2.24. The lowest BCUT2D eigenvalue weighted by atomic mass is 10.3. The zero-order chi connectivity index (χ0) is 14.0. The number of hydrogen-bond donors (Lipinski definition) is 2. The van der Waals surface area contributed by atoms with Crippen LogP contribution in [0.25, 0.3) is 0 Å². The van der Waals surface area contributed by atoms with Crippen LogP contribution in [0.5, 0.6) is 0 Å². The third-order valence-corrected chi connectivity index (χ3v) is 3.95. The summed E-state index contributed by atoms with van der Waals surface area (Å²) in [6, 6.07) is 3.21. The Morgan fingerprint density at radius 1 is 1.47 bits per heavy atom. The number of nitrogens with one attached hydrogen (secondary N) is 1. The highest BCUT2D eigenvalue weighted by molar-refractivity contribution is 7.89. The van der Waals surface area contributed by atoms with Gasteiger partial charge < -0.3 is 5.73 Å². The molecule has 102 valence electrons. The van der Waals surface area contributed by atoms with Gasteiger partial charge in [-0.15, -0.1) is 0 Å². The van der Waals surface area contributed by atoms with E-state index in [4.69, 9.17) is 5.73 Å². The Kier molecular flexibility index (Phi) is 3.54. The van der Waals surface area contributed by atoms with Crippen LogP contribution in [-0.2, 0) is 23.6 Å². The Hall–Kier alpha value is -1.93. The summed E-state index contributed by atoms with van der Waals surface area (Å²) in [5.41, 5.74) is 6.24. The van der Waals surface area contributed by atoms with Crippen LogP contribution in [0.4, 0.5) is 10.1 Å². The molecule has 0 aliphatic rings. The Bertz CT molecular complexity index is 696. The molecule has 0 saturated carbocycles. The fourth-order valence-electron chi connectivity index (χ4n) is 1.56. The minimum Gasteiger partial charge on any atom is -0.398 e. The minimum absolute atomic E-state index is 0.0000803. The van der Waals surface area contributed by atoms with Crippen molar-refractivity contribution in [2.45, 2.75) is 11.4 Å². The van der Waals surface area contributed by atoms with Crippen molar-refractivity contribution < 1.29 is 12.8 Å². The van der Waals surface area contributed by atoms with E-state index in [0.29, 0.717) is 5.56 Å². The van der Waals surface area contributed by atoms with Gasteiger partial charge in [-0.05, 0) is 18.2 Å². The highest BCUT2D eigenvalue weighted by Crippen LogP contribution is 2.19. The van der Waals surface area contributed by atoms with Crippen LogP contribution in [-0.4, -0.2) is 18.2 Å². The monoisotopic (exact) mass is 284 g/mol. The van der Waals surface area contributed by atoms with E-state index in [2.05, 4.69) is 9.82 Å². The molecule has 0 atom stereocenters. The molecule has 1 aromatic carbocycles. The van der Waals surface area contributed by atoms with Crippen molar-refractivity contribution in [2.75, 3.05) is 5.73 Å². The maximum absolute atomic E-state index is 13.1. The molecule has 1 aromatic heterocycles. The molecule has 19 heavy (non-hydrogen) atoms. The van der Waals surface area contributed by atoms with Gasteiger partial charge in [0.15, 0.2) is 0 Å². The molecule has 0 aliphatic carbocycles. The Morgan fingerprint density at radius 3 is 2.84 bits per heavy atom. The molecule has 0 spiro atoms. The highest BCUT2D eigenvalue weighted by Gasteiger charge is 2.18. The number of aromatic nitrogens is 2. The zero-order valence-corrected chi connectivity index (χ0v) is 11.0. The van der Waals surface area contributed by atoms with E-state index >= 15 is 0 Å². The second kappa shape index (κ2) is 4.98. The number of rotatable bonds is 4. The number of nitrogen functional groups attached to an aromatic ring is 1. The summed E-state index contributed by atoms with van der Waals surface area (Å²) in [5.74, 6) is -0.657. The summed E-state index contributed by atoms with van der Waals surface area (Å²) in [5, 5.41) is 3.92. The molecule has 8 heteroatoms. The number of nitrogens with zero attached hydrogens (tertiary/aromatic N) is 2. The highest BCUT2D eigenvalue weighted by atomic mass is 32.2. The van der Waals surface area contributed by atoms with Gasteiger partial charge in [0.1, 0.15) is 10.7 Å². The minimum atomic E-state index is -3.85. The normalized spacial score (nSPS) is 11.7. The molecule has 0 aliphatic heterocycles. The zero-order valence-electron chi connectivity index (χ0n) is 10.2. The summed E-state index contributed by atoms with van der Waals surface area (Å²) in [6.07, 6.45) is 3.22. The van der Waals surface area contributed by atoms with Gasteiger partial charge in [-0.2, -0.15) is 5.10 Å². The van der Waals surface area contributed by atoms with Crippen molar-refractivity contribution in [3.05, 3.63) is 42.0 Å². The first-order chi connectivity index (χ1) is 8.88. The summed E-state index contributed by atoms with van der Waals surface area (Å²) in [4.78, 5) is -0.267. The topological polar surface area (TPSA) is 90.0 Å². The number of hydrogen-bond acceptors (Lipinski definition) is 4. The Labute approximate surface area is 110 Å². The van der Waals surface area contributed by atoms with Gasteiger partial charge in [0.05, 0.1) is 11.9 Å². The van der Waals surface area contributed by atoms with Gasteiger partial charge >= 0.3 is 0 Å².